The molecule has 0 spiro atoms. The molecule has 1 fully saturated rings. The first-order chi connectivity index (χ1) is 13.6. The molecule has 148 valence electrons. The Hall–Kier alpha value is -2.48. The lowest BCUT2D eigenvalue weighted by Crippen LogP contribution is -2.28. The molecule has 7 nitrogen and oxygen atoms in total. The minimum absolute atomic E-state index is 0.130. The van der Waals surface area contributed by atoms with Gasteiger partial charge in [-0.25, -0.2) is 4.98 Å². The number of carbonyl (C=O) groups excluding carboxylic acids is 1. The molecule has 0 bridgehead atoms. The Bertz CT molecular complexity index is 866. The largest absolute Gasteiger partial charge is 0.385 e. The van der Waals surface area contributed by atoms with Gasteiger partial charge in [0, 0.05) is 42.7 Å². The lowest BCUT2D eigenvalue weighted by Gasteiger charge is -2.16. The molecular weight excluding hydrogens is 376 g/mol. The summed E-state index contributed by atoms with van der Waals surface area (Å²) in [6.45, 7) is 2.02. The number of hydrogen-bond acceptors (Lipinski definition) is 6. The van der Waals surface area contributed by atoms with Crippen molar-refractivity contribution in [2.45, 2.75) is 44.9 Å². The average molecular weight is 401 g/mol. The minimum atomic E-state index is -0.479. The molecule has 1 N–H and O–H groups in total. The summed E-state index contributed by atoms with van der Waals surface area (Å²) < 4.78 is 0. The molecule has 0 radical (unpaired) electrons. The summed E-state index contributed by atoms with van der Waals surface area (Å²) >= 11 is 1.80. The molecule has 1 aromatic carbocycles. The van der Waals surface area contributed by atoms with Crippen molar-refractivity contribution in [3.05, 3.63) is 49.5 Å². The van der Waals surface area contributed by atoms with Crippen molar-refractivity contribution in [3.8, 4) is 0 Å². The lowest BCUT2D eigenvalue weighted by atomic mass is 10.0. The van der Waals surface area contributed by atoms with Gasteiger partial charge in [0.05, 0.1) is 15.6 Å². The normalized spacial score (nSPS) is 16.1. The number of benzene rings is 1. The zero-order chi connectivity index (χ0) is 19.5. The summed E-state index contributed by atoms with van der Waals surface area (Å²) in [6, 6.07) is 4.71. The third kappa shape index (κ3) is 4.01. The van der Waals surface area contributed by atoms with Crippen molar-refractivity contribution in [2.24, 2.45) is 0 Å². The smallest absolute Gasteiger partial charge is 0.282 e. The third-order valence-corrected chi connectivity index (χ3v) is 6.59. The van der Waals surface area contributed by atoms with Crippen molar-refractivity contribution in [1.82, 2.24) is 9.88 Å². The Kier molecular flexibility index (Phi) is 5.57. The van der Waals surface area contributed by atoms with Crippen LogP contribution in [-0.2, 0) is 19.3 Å². The number of nitro groups is 1. The van der Waals surface area contributed by atoms with Gasteiger partial charge in [-0.2, -0.15) is 0 Å². The second-order valence-corrected chi connectivity index (χ2v) is 8.52. The van der Waals surface area contributed by atoms with Crippen LogP contribution in [0.2, 0.25) is 0 Å². The number of amides is 1. The maximum atomic E-state index is 12.7. The predicted molar refractivity (Wildman–Crippen MR) is 109 cm³/mol. The molecule has 0 unspecified atom stereocenters. The van der Waals surface area contributed by atoms with Gasteiger partial charge in [0.25, 0.3) is 11.6 Å². The fourth-order valence-corrected chi connectivity index (χ4v) is 5.05. The van der Waals surface area contributed by atoms with Crippen molar-refractivity contribution in [1.29, 1.82) is 0 Å². The Morgan fingerprint density at radius 3 is 2.75 bits per heavy atom. The molecule has 1 aliphatic heterocycles. The van der Waals surface area contributed by atoms with Gasteiger partial charge >= 0.3 is 0 Å². The van der Waals surface area contributed by atoms with Crippen molar-refractivity contribution < 1.29 is 9.72 Å². The minimum Gasteiger partial charge on any atom is -0.385 e. The first-order valence-electron chi connectivity index (χ1n) is 9.91. The van der Waals surface area contributed by atoms with Crippen molar-refractivity contribution in [2.75, 3.05) is 25.0 Å². The fourth-order valence-electron chi connectivity index (χ4n) is 3.89. The second-order valence-electron chi connectivity index (χ2n) is 7.35. The van der Waals surface area contributed by atoms with Gasteiger partial charge in [0.2, 0.25) is 0 Å². The van der Waals surface area contributed by atoms with E-state index in [2.05, 4.69) is 5.32 Å². The van der Waals surface area contributed by atoms with Gasteiger partial charge < -0.3 is 10.2 Å². The number of thiazole rings is 1. The number of carbonyl (C=O) groups is 1. The number of aromatic nitrogens is 1. The van der Waals surface area contributed by atoms with E-state index in [1.54, 1.807) is 28.4 Å². The summed E-state index contributed by atoms with van der Waals surface area (Å²) in [4.78, 5) is 31.5. The van der Waals surface area contributed by atoms with E-state index in [0.717, 1.165) is 42.8 Å². The zero-order valence-corrected chi connectivity index (χ0v) is 16.6. The Morgan fingerprint density at radius 1 is 1.21 bits per heavy atom. The number of rotatable bonds is 6. The molecule has 1 amide bonds. The number of likely N-dealkylation sites (tertiary alicyclic amines) is 1. The SMILES string of the molecule is O=C(c1cc(NCCc2nc3c(s2)CCCC3)ccc1[N+](=O)[O-])N1CCCC1. The standard InChI is InChI=1S/C20H24N4O3S/c25-20(23-11-3-4-12-23)15-13-14(7-8-17(15)24(26)27)21-10-9-19-22-16-5-1-2-6-18(16)28-19/h7-8,13,21H,1-6,9-12H2. The number of anilines is 1. The van der Waals surface area contributed by atoms with E-state index in [1.807, 2.05) is 0 Å². The van der Waals surface area contributed by atoms with E-state index in [-0.39, 0.29) is 17.2 Å². The van der Waals surface area contributed by atoms with Crippen LogP contribution in [0.4, 0.5) is 11.4 Å². The van der Waals surface area contributed by atoms with Crippen LogP contribution < -0.4 is 5.32 Å². The van der Waals surface area contributed by atoms with Crippen LogP contribution in [0.25, 0.3) is 0 Å². The number of fused-ring (bicyclic) bond motifs is 1. The highest BCUT2D eigenvalue weighted by atomic mass is 32.1. The summed E-state index contributed by atoms with van der Waals surface area (Å²) in [5.74, 6) is -0.250. The van der Waals surface area contributed by atoms with Crippen LogP contribution in [0.5, 0.6) is 0 Å². The number of aryl methyl sites for hydroxylation is 2. The topological polar surface area (TPSA) is 88.4 Å². The fraction of sp³-hybridized carbons (Fsp3) is 0.500. The number of nitrogens with one attached hydrogen (secondary N) is 1. The number of nitro benzene ring substituents is 1. The highest BCUT2D eigenvalue weighted by Gasteiger charge is 2.27. The summed E-state index contributed by atoms with van der Waals surface area (Å²) in [5.41, 5.74) is 2.03. The van der Waals surface area contributed by atoms with Gasteiger partial charge in [-0.1, -0.05) is 0 Å². The van der Waals surface area contributed by atoms with Gasteiger partial charge in [-0.05, 0) is 50.7 Å². The number of nitrogens with zero attached hydrogens (tertiary/aromatic N) is 3. The van der Waals surface area contributed by atoms with Crippen LogP contribution in [0.15, 0.2) is 18.2 Å². The van der Waals surface area contributed by atoms with E-state index in [0.29, 0.717) is 19.6 Å². The predicted octanol–water partition coefficient (Wildman–Crippen LogP) is 3.82. The van der Waals surface area contributed by atoms with Gasteiger partial charge in [-0.3, -0.25) is 14.9 Å². The second kappa shape index (κ2) is 8.26. The Balaban J connectivity index is 1.44. The molecule has 0 saturated carbocycles. The summed E-state index contributed by atoms with van der Waals surface area (Å²) in [7, 11) is 0. The maximum absolute atomic E-state index is 12.7. The van der Waals surface area contributed by atoms with Crippen LogP contribution >= 0.6 is 11.3 Å². The van der Waals surface area contributed by atoms with E-state index >= 15 is 0 Å². The highest BCUT2D eigenvalue weighted by Crippen LogP contribution is 2.28. The Morgan fingerprint density at radius 2 is 2.00 bits per heavy atom. The molecule has 28 heavy (non-hydrogen) atoms. The number of hydrogen-bond donors (Lipinski definition) is 1. The van der Waals surface area contributed by atoms with Gasteiger partial charge in [-0.15, -0.1) is 11.3 Å². The molecule has 1 aromatic heterocycles. The van der Waals surface area contributed by atoms with E-state index in [1.165, 1.54) is 29.5 Å². The van der Waals surface area contributed by atoms with E-state index in [4.69, 9.17) is 4.98 Å². The molecule has 8 heteroatoms. The van der Waals surface area contributed by atoms with E-state index < -0.39 is 4.92 Å². The van der Waals surface area contributed by atoms with Crippen molar-refractivity contribution in [3.63, 3.8) is 0 Å². The van der Waals surface area contributed by atoms with E-state index in [9.17, 15) is 14.9 Å². The molecule has 0 atom stereocenters. The maximum Gasteiger partial charge on any atom is 0.282 e. The van der Waals surface area contributed by atoms with Gasteiger partial charge in [0.15, 0.2) is 0 Å². The molecule has 4 rings (SSSR count). The molecule has 1 aliphatic carbocycles. The van der Waals surface area contributed by atoms with Crippen LogP contribution in [0, 0.1) is 10.1 Å². The first-order valence-corrected chi connectivity index (χ1v) is 10.7. The highest BCUT2D eigenvalue weighted by molar-refractivity contribution is 7.11. The molecular formula is C20H24N4O3S. The van der Waals surface area contributed by atoms with Crippen LogP contribution in [0.3, 0.4) is 0 Å². The lowest BCUT2D eigenvalue weighted by molar-refractivity contribution is -0.385. The Labute approximate surface area is 167 Å². The molecule has 2 heterocycles. The summed E-state index contributed by atoms with van der Waals surface area (Å²) in [6.07, 6.45) is 7.43. The van der Waals surface area contributed by atoms with Crippen LogP contribution in [0.1, 0.15) is 51.6 Å². The van der Waals surface area contributed by atoms with Crippen molar-refractivity contribution >= 4 is 28.6 Å². The first kappa shape index (κ1) is 18.9. The molecule has 2 aromatic rings. The monoisotopic (exact) mass is 400 g/mol. The zero-order valence-electron chi connectivity index (χ0n) is 15.8. The third-order valence-electron chi connectivity index (χ3n) is 5.37. The summed E-state index contributed by atoms with van der Waals surface area (Å²) in [5, 5.41) is 15.8. The van der Waals surface area contributed by atoms with Crippen LogP contribution in [-0.4, -0.2) is 40.3 Å². The molecule has 2 aliphatic rings. The quantitative estimate of drug-likeness (QED) is 0.588. The average Bonchev–Trinajstić information content (AvgIpc) is 3.36. The molecule has 1 saturated heterocycles. The van der Waals surface area contributed by atoms with Gasteiger partial charge in [0.1, 0.15) is 5.56 Å².